The van der Waals surface area contributed by atoms with Crippen molar-refractivity contribution in [2.45, 2.75) is 13.0 Å². The number of anilines is 2. The van der Waals surface area contributed by atoms with E-state index in [0.717, 1.165) is 35.6 Å². The number of carbonyl (C=O) groups is 2. The van der Waals surface area contributed by atoms with Gasteiger partial charge < -0.3 is 20.9 Å². The zero-order valence-electron chi connectivity index (χ0n) is 21.9. The highest BCUT2D eigenvalue weighted by Crippen LogP contribution is 2.20. The molecule has 0 fully saturated rings. The molecule has 7 nitrogen and oxygen atoms in total. The van der Waals surface area contributed by atoms with E-state index < -0.39 is 0 Å². The fourth-order valence-corrected chi connectivity index (χ4v) is 3.40. The third kappa shape index (κ3) is 10.5. The molecule has 3 N–H and O–H groups in total. The van der Waals surface area contributed by atoms with E-state index in [1.165, 1.54) is 6.08 Å². The molecule has 0 saturated heterocycles. The molecule has 3 rings (SSSR count). The number of nitrogens with zero attached hydrogens (tertiary/aromatic N) is 2. The number of ketones is 1. The van der Waals surface area contributed by atoms with E-state index in [2.05, 4.69) is 20.9 Å². The van der Waals surface area contributed by atoms with Crippen LogP contribution in [-0.2, 0) is 9.59 Å². The Morgan fingerprint density at radius 3 is 2.11 bits per heavy atom. The molecule has 0 bridgehead atoms. The number of nitrogens with one attached hydrogen (secondary N) is 3. The van der Waals surface area contributed by atoms with Gasteiger partial charge in [0.05, 0.1) is 29.0 Å². The minimum atomic E-state index is -0.325. The summed E-state index contributed by atoms with van der Waals surface area (Å²) >= 11 is 0. The van der Waals surface area contributed by atoms with Crippen LogP contribution in [0.4, 0.5) is 11.4 Å². The molecule has 0 aromatic heterocycles. The average molecular weight is 498 g/mol. The van der Waals surface area contributed by atoms with Gasteiger partial charge >= 0.3 is 0 Å². The quantitative estimate of drug-likeness (QED) is 0.351. The van der Waals surface area contributed by atoms with Crippen molar-refractivity contribution in [3.8, 4) is 6.07 Å². The van der Waals surface area contributed by atoms with Crippen LogP contribution in [0.3, 0.4) is 0 Å². The van der Waals surface area contributed by atoms with Crippen LogP contribution in [0.25, 0.3) is 6.08 Å². The van der Waals surface area contributed by atoms with Crippen LogP contribution in [0.2, 0.25) is 0 Å². The second kappa shape index (κ2) is 15.7. The van der Waals surface area contributed by atoms with Gasteiger partial charge in [0, 0.05) is 26.2 Å². The molecule has 0 aliphatic carbocycles. The normalized spacial score (nSPS) is 11.2. The van der Waals surface area contributed by atoms with Crippen molar-refractivity contribution in [2.24, 2.45) is 0 Å². The summed E-state index contributed by atoms with van der Waals surface area (Å²) in [5.41, 5.74) is 4.11. The van der Waals surface area contributed by atoms with Gasteiger partial charge in [-0.15, -0.1) is 0 Å². The van der Waals surface area contributed by atoms with Gasteiger partial charge in [0.2, 0.25) is 5.91 Å². The van der Waals surface area contributed by atoms with Crippen molar-refractivity contribution in [3.63, 3.8) is 0 Å². The van der Waals surface area contributed by atoms with E-state index in [1.807, 2.05) is 93.9 Å². The second-order valence-electron chi connectivity index (χ2n) is 8.56. The zero-order valence-corrected chi connectivity index (χ0v) is 21.9. The Morgan fingerprint density at radius 2 is 1.57 bits per heavy atom. The van der Waals surface area contributed by atoms with Crippen LogP contribution in [0.5, 0.6) is 0 Å². The van der Waals surface area contributed by atoms with E-state index in [-0.39, 0.29) is 17.7 Å². The molecule has 0 heterocycles. The molecular formula is C30H35N5O2. The largest absolute Gasteiger partial charge is 0.386 e. The van der Waals surface area contributed by atoms with Gasteiger partial charge in [-0.1, -0.05) is 54.6 Å². The Kier molecular flexibility index (Phi) is 12.3. The summed E-state index contributed by atoms with van der Waals surface area (Å²) < 4.78 is 0. The van der Waals surface area contributed by atoms with E-state index >= 15 is 0 Å². The maximum Gasteiger partial charge on any atom is 0.248 e. The lowest BCUT2D eigenvalue weighted by Gasteiger charge is -2.18. The van der Waals surface area contributed by atoms with Crippen molar-refractivity contribution in [1.82, 2.24) is 10.2 Å². The smallest absolute Gasteiger partial charge is 0.248 e. The SMILES string of the molecule is CNc1ccccc1NC(=O)/C=C/c1ccc(C(NCCN(C)C)C(C)=O)cc1.N#Cc1ccccc1. The summed E-state index contributed by atoms with van der Waals surface area (Å²) in [6, 6.07) is 26.0. The van der Waals surface area contributed by atoms with Crippen LogP contribution < -0.4 is 16.0 Å². The van der Waals surface area contributed by atoms with Gasteiger partial charge in [0.25, 0.3) is 0 Å². The molecule has 0 saturated carbocycles. The fourth-order valence-electron chi connectivity index (χ4n) is 3.40. The molecule has 1 atom stereocenters. The highest BCUT2D eigenvalue weighted by molar-refractivity contribution is 6.03. The Morgan fingerprint density at radius 1 is 0.946 bits per heavy atom. The minimum absolute atomic E-state index is 0.0784. The van der Waals surface area contributed by atoms with Gasteiger partial charge in [0.15, 0.2) is 5.78 Å². The van der Waals surface area contributed by atoms with Crippen molar-refractivity contribution in [3.05, 3.63) is 102 Å². The summed E-state index contributed by atoms with van der Waals surface area (Å²) in [4.78, 5) is 26.3. The number of amides is 1. The van der Waals surface area contributed by atoms with Gasteiger partial charge in [-0.25, -0.2) is 0 Å². The van der Waals surface area contributed by atoms with Gasteiger partial charge in [-0.05, 0) is 62.5 Å². The molecular weight excluding hydrogens is 462 g/mol. The van der Waals surface area contributed by atoms with Crippen LogP contribution >= 0.6 is 0 Å². The highest BCUT2D eigenvalue weighted by Gasteiger charge is 2.15. The number of likely N-dealkylation sites (N-methyl/N-ethyl adjacent to an activating group) is 1. The predicted octanol–water partition coefficient (Wildman–Crippen LogP) is 4.72. The first-order valence-electron chi connectivity index (χ1n) is 12.0. The molecule has 0 aliphatic heterocycles. The third-order valence-corrected chi connectivity index (χ3v) is 5.37. The van der Waals surface area contributed by atoms with Gasteiger partial charge in [-0.2, -0.15) is 5.26 Å². The standard InChI is InChI=1S/C23H30N4O2.C7H5N/c1-17(28)23(25-15-16-27(3)4)19-12-9-18(10-13-19)11-14-22(29)26-21-8-6-5-7-20(21)24-2;8-6-7-4-2-1-3-5-7/h5-14,23-25H,15-16H2,1-4H3,(H,26,29);1-5H/b14-11+;. The molecule has 1 amide bonds. The second-order valence-corrected chi connectivity index (χ2v) is 8.56. The van der Waals surface area contributed by atoms with E-state index in [4.69, 9.17) is 5.26 Å². The molecule has 0 spiro atoms. The predicted molar refractivity (Wildman–Crippen MR) is 151 cm³/mol. The number of Topliss-reactive ketones (excluding diaryl/α,β-unsaturated/α-hetero) is 1. The number of hydrogen-bond acceptors (Lipinski definition) is 6. The Bertz CT molecular complexity index is 1200. The minimum Gasteiger partial charge on any atom is -0.386 e. The lowest BCUT2D eigenvalue weighted by Crippen LogP contribution is -2.33. The fraction of sp³-hybridized carbons (Fsp3) is 0.233. The number of carbonyl (C=O) groups excluding carboxylic acids is 2. The van der Waals surface area contributed by atoms with Crippen LogP contribution in [-0.4, -0.2) is 50.8 Å². The average Bonchev–Trinajstić information content (AvgIpc) is 2.91. The Labute approximate surface area is 219 Å². The number of nitriles is 1. The number of rotatable bonds is 10. The first kappa shape index (κ1) is 29.0. The lowest BCUT2D eigenvalue weighted by atomic mass is 10.0. The third-order valence-electron chi connectivity index (χ3n) is 5.37. The molecule has 1 unspecified atom stereocenters. The molecule has 7 heteroatoms. The summed E-state index contributed by atoms with van der Waals surface area (Å²) in [7, 11) is 5.81. The van der Waals surface area contributed by atoms with E-state index in [9.17, 15) is 9.59 Å². The van der Waals surface area contributed by atoms with Crippen LogP contribution in [0.1, 0.15) is 29.7 Å². The van der Waals surface area contributed by atoms with Crippen molar-refractivity contribution >= 4 is 29.1 Å². The first-order valence-corrected chi connectivity index (χ1v) is 12.0. The Balaban J connectivity index is 0.000000510. The lowest BCUT2D eigenvalue weighted by molar-refractivity contribution is -0.119. The highest BCUT2D eigenvalue weighted by atomic mass is 16.1. The molecule has 192 valence electrons. The van der Waals surface area contributed by atoms with Crippen LogP contribution in [0, 0.1) is 11.3 Å². The van der Waals surface area contributed by atoms with Gasteiger partial charge in [-0.3, -0.25) is 9.59 Å². The summed E-state index contributed by atoms with van der Waals surface area (Å²) in [5.74, 6) is -0.127. The van der Waals surface area contributed by atoms with Crippen LogP contribution in [0.15, 0.2) is 84.9 Å². The van der Waals surface area contributed by atoms with Crippen molar-refractivity contribution in [2.75, 3.05) is 44.9 Å². The maximum absolute atomic E-state index is 12.2. The monoisotopic (exact) mass is 497 g/mol. The van der Waals surface area contributed by atoms with E-state index in [0.29, 0.717) is 5.56 Å². The maximum atomic E-state index is 12.2. The number of benzene rings is 3. The number of hydrogen-bond donors (Lipinski definition) is 3. The van der Waals surface area contributed by atoms with Crippen molar-refractivity contribution in [1.29, 1.82) is 5.26 Å². The molecule has 0 radical (unpaired) electrons. The molecule has 3 aromatic rings. The van der Waals surface area contributed by atoms with Gasteiger partial charge in [0.1, 0.15) is 0 Å². The first-order chi connectivity index (χ1) is 17.8. The zero-order chi connectivity index (χ0) is 27.0. The molecule has 3 aromatic carbocycles. The summed E-state index contributed by atoms with van der Waals surface area (Å²) in [5, 5.41) is 17.5. The summed E-state index contributed by atoms with van der Waals surface area (Å²) in [6.45, 7) is 3.18. The van der Waals surface area contributed by atoms with Crippen molar-refractivity contribution < 1.29 is 9.59 Å². The molecule has 37 heavy (non-hydrogen) atoms. The Hall–Kier alpha value is -4.25. The topological polar surface area (TPSA) is 97.3 Å². The summed E-state index contributed by atoms with van der Waals surface area (Å²) in [6.07, 6.45) is 3.25. The van der Waals surface area contributed by atoms with E-state index in [1.54, 1.807) is 25.1 Å². The number of para-hydroxylation sites is 2. The molecule has 0 aliphatic rings.